The Morgan fingerprint density at radius 1 is 1.80 bits per heavy atom. The molecule has 3 heteroatoms. The SMILES string of the molecule is C#Cc1cnn(C)c(=O)c1. The minimum absolute atomic E-state index is 0.185. The zero-order valence-corrected chi connectivity index (χ0v) is 5.53. The molecule has 0 spiro atoms. The first-order valence-electron chi connectivity index (χ1n) is 2.74. The Morgan fingerprint density at radius 2 is 2.50 bits per heavy atom. The second kappa shape index (κ2) is 2.36. The molecule has 0 aliphatic carbocycles. The van der Waals surface area contributed by atoms with Crippen LogP contribution in [0, 0.1) is 12.3 Å². The quantitative estimate of drug-likeness (QED) is 0.459. The third-order valence-corrected chi connectivity index (χ3v) is 1.13. The predicted molar refractivity (Wildman–Crippen MR) is 37.4 cm³/mol. The van der Waals surface area contributed by atoms with Crippen molar-refractivity contribution in [3.8, 4) is 12.3 Å². The summed E-state index contributed by atoms with van der Waals surface area (Å²) >= 11 is 0. The number of aromatic nitrogens is 2. The highest BCUT2D eigenvalue weighted by molar-refractivity contribution is 5.26. The van der Waals surface area contributed by atoms with E-state index in [4.69, 9.17) is 6.42 Å². The van der Waals surface area contributed by atoms with Gasteiger partial charge in [0.2, 0.25) is 0 Å². The van der Waals surface area contributed by atoms with Gasteiger partial charge in [-0.05, 0) is 0 Å². The molecule has 50 valence electrons. The minimum atomic E-state index is -0.185. The molecular formula is C7H6N2O. The van der Waals surface area contributed by atoms with E-state index < -0.39 is 0 Å². The Labute approximate surface area is 58.3 Å². The standard InChI is InChI=1S/C7H6N2O/c1-3-6-4-7(10)9(2)8-5-6/h1,4-5H,2H3. The van der Waals surface area contributed by atoms with Gasteiger partial charge in [0.15, 0.2) is 0 Å². The molecule has 0 atom stereocenters. The number of hydrogen-bond donors (Lipinski definition) is 0. The molecule has 0 saturated heterocycles. The lowest BCUT2D eigenvalue weighted by Crippen LogP contribution is -2.18. The lowest BCUT2D eigenvalue weighted by molar-refractivity contribution is 0.706. The fraction of sp³-hybridized carbons (Fsp3) is 0.143. The molecule has 0 unspecified atom stereocenters. The van der Waals surface area contributed by atoms with E-state index in [2.05, 4.69) is 11.0 Å². The fourth-order valence-electron chi connectivity index (χ4n) is 0.548. The Bertz CT molecular complexity index is 332. The summed E-state index contributed by atoms with van der Waals surface area (Å²) in [4.78, 5) is 10.8. The van der Waals surface area contributed by atoms with Crippen LogP contribution >= 0.6 is 0 Å². The molecular weight excluding hydrogens is 128 g/mol. The molecule has 1 heterocycles. The highest BCUT2D eigenvalue weighted by Crippen LogP contribution is 1.84. The molecule has 1 aromatic heterocycles. The summed E-state index contributed by atoms with van der Waals surface area (Å²) in [6.07, 6.45) is 6.50. The molecule has 10 heavy (non-hydrogen) atoms. The van der Waals surface area contributed by atoms with Crippen LogP contribution in [0.5, 0.6) is 0 Å². The van der Waals surface area contributed by atoms with Crippen LogP contribution < -0.4 is 5.56 Å². The summed E-state index contributed by atoms with van der Waals surface area (Å²) in [5.74, 6) is 2.32. The first-order valence-corrected chi connectivity index (χ1v) is 2.74. The van der Waals surface area contributed by atoms with Crippen molar-refractivity contribution < 1.29 is 0 Å². The average Bonchev–Trinajstić information content (AvgIpc) is 1.95. The molecule has 1 aromatic rings. The van der Waals surface area contributed by atoms with Gasteiger partial charge >= 0.3 is 0 Å². The third kappa shape index (κ3) is 1.06. The van der Waals surface area contributed by atoms with E-state index in [9.17, 15) is 4.79 Å². The number of rotatable bonds is 0. The summed E-state index contributed by atoms with van der Waals surface area (Å²) in [5.41, 5.74) is 0.332. The van der Waals surface area contributed by atoms with Crippen LogP contribution in [-0.4, -0.2) is 9.78 Å². The van der Waals surface area contributed by atoms with E-state index in [1.54, 1.807) is 7.05 Å². The van der Waals surface area contributed by atoms with Crippen LogP contribution in [0.25, 0.3) is 0 Å². The Balaban J connectivity index is 3.34. The lowest BCUT2D eigenvalue weighted by atomic mass is 10.3. The van der Waals surface area contributed by atoms with E-state index in [1.165, 1.54) is 16.9 Å². The van der Waals surface area contributed by atoms with Gasteiger partial charge in [-0.1, -0.05) is 5.92 Å². The van der Waals surface area contributed by atoms with Crippen molar-refractivity contribution in [3.63, 3.8) is 0 Å². The molecule has 3 nitrogen and oxygen atoms in total. The second-order valence-electron chi connectivity index (χ2n) is 1.85. The highest BCUT2D eigenvalue weighted by Gasteiger charge is 1.90. The van der Waals surface area contributed by atoms with Crippen molar-refractivity contribution in [2.75, 3.05) is 0 Å². The summed E-state index contributed by atoms with van der Waals surface area (Å²) in [5, 5.41) is 3.71. The van der Waals surface area contributed by atoms with Crippen LogP contribution in [0.1, 0.15) is 5.56 Å². The second-order valence-corrected chi connectivity index (χ2v) is 1.85. The van der Waals surface area contributed by atoms with Crippen molar-refractivity contribution >= 4 is 0 Å². The minimum Gasteiger partial charge on any atom is -0.268 e. The zero-order valence-electron chi connectivity index (χ0n) is 5.53. The monoisotopic (exact) mass is 134 g/mol. The molecule has 0 radical (unpaired) electrons. The average molecular weight is 134 g/mol. The van der Waals surface area contributed by atoms with E-state index in [0.717, 1.165) is 0 Å². The Morgan fingerprint density at radius 3 is 3.00 bits per heavy atom. The summed E-state index contributed by atoms with van der Waals surface area (Å²) in [6, 6.07) is 1.37. The van der Waals surface area contributed by atoms with Crippen LogP contribution in [0.3, 0.4) is 0 Å². The van der Waals surface area contributed by atoms with Crippen LogP contribution in [-0.2, 0) is 7.05 Å². The smallest absolute Gasteiger partial charge is 0.267 e. The topological polar surface area (TPSA) is 34.9 Å². The number of nitrogens with zero attached hydrogens (tertiary/aromatic N) is 2. The number of hydrogen-bond acceptors (Lipinski definition) is 2. The van der Waals surface area contributed by atoms with Crippen LogP contribution in [0.2, 0.25) is 0 Å². The van der Waals surface area contributed by atoms with Gasteiger partial charge in [-0.2, -0.15) is 5.10 Å². The van der Waals surface area contributed by atoms with Gasteiger partial charge in [-0.25, -0.2) is 4.68 Å². The molecule has 0 aromatic carbocycles. The van der Waals surface area contributed by atoms with Gasteiger partial charge in [0.05, 0.1) is 6.20 Å². The Hall–Kier alpha value is -1.56. The van der Waals surface area contributed by atoms with Crippen molar-refractivity contribution in [3.05, 3.63) is 28.2 Å². The zero-order chi connectivity index (χ0) is 7.56. The van der Waals surface area contributed by atoms with Gasteiger partial charge in [0.25, 0.3) is 5.56 Å². The van der Waals surface area contributed by atoms with Crippen molar-refractivity contribution in [1.29, 1.82) is 0 Å². The van der Waals surface area contributed by atoms with Gasteiger partial charge in [-0.3, -0.25) is 4.79 Å². The summed E-state index contributed by atoms with van der Waals surface area (Å²) in [6.45, 7) is 0. The van der Waals surface area contributed by atoms with E-state index in [1.807, 2.05) is 0 Å². The van der Waals surface area contributed by atoms with Crippen molar-refractivity contribution in [2.45, 2.75) is 0 Å². The molecule has 1 rings (SSSR count). The molecule has 0 aliphatic rings. The predicted octanol–water partition coefficient (Wildman–Crippen LogP) is -0.238. The van der Waals surface area contributed by atoms with Gasteiger partial charge in [0, 0.05) is 18.7 Å². The molecule has 0 N–H and O–H groups in total. The molecule has 0 fully saturated rings. The molecule has 0 aliphatic heterocycles. The van der Waals surface area contributed by atoms with Gasteiger partial charge in [-0.15, -0.1) is 6.42 Å². The number of aryl methyl sites for hydroxylation is 1. The van der Waals surface area contributed by atoms with E-state index in [0.29, 0.717) is 5.56 Å². The normalized spacial score (nSPS) is 8.80. The third-order valence-electron chi connectivity index (χ3n) is 1.13. The van der Waals surface area contributed by atoms with Crippen molar-refractivity contribution in [2.24, 2.45) is 7.05 Å². The molecule has 0 amide bonds. The maximum atomic E-state index is 10.8. The van der Waals surface area contributed by atoms with Gasteiger partial charge in [0.1, 0.15) is 0 Å². The summed E-state index contributed by atoms with van der Waals surface area (Å²) < 4.78 is 1.22. The highest BCUT2D eigenvalue weighted by atomic mass is 16.1. The first-order chi connectivity index (χ1) is 4.74. The lowest BCUT2D eigenvalue weighted by Gasteiger charge is -1.92. The number of terminal acetylenes is 1. The van der Waals surface area contributed by atoms with Crippen molar-refractivity contribution in [1.82, 2.24) is 9.78 Å². The maximum absolute atomic E-state index is 10.8. The van der Waals surface area contributed by atoms with E-state index >= 15 is 0 Å². The molecule has 0 saturated carbocycles. The maximum Gasteiger partial charge on any atom is 0.267 e. The fourth-order valence-corrected chi connectivity index (χ4v) is 0.548. The Kier molecular flexibility index (Phi) is 1.55. The first kappa shape index (κ1) is 6.56. The van der Waals surface area contributed by atoms with Crippen LogP contribution in [0.15, 0.2) is 17.1 Å². The molecule has 0 bridgehead atoms. The van der Waals surface area contributed by atoms with E-state index in [-0.39, 0.29) is 5.56 Å². The largest absolute Gasteiger partial charge is 0.268 e. The summed E-state index contributed by atoms with van der Waals surface area (Å²) in [7, 11) is 1.57. The van der Waals surface area contributed by atoms with Gasteiger partial charge < -0.3 is 0 Å². The van der Waals surface area contributed by atoms with Crippen LogP contribution in [0.4, 0.5) is 0 Å².